The summed E-state index contributed by atoms with van der Waals surface area (Å²) in [5.74, 6) is -0.112. The Morgan fingerprint density at radius 2 is 2.04 bits per heavy atom. The van der Waals surface area contributed by atoms with E-state index in [2.05, 4.69) is 10.3 Å². The van der Waals surface area contributed by atoms with Gasteiger partial charge in [0.05, 0.1) is 10.9 Å². The van der Waals surface area contributed by atoms with Crippen LogP contribution in [0.15, 0.2) is 42.6 Å². The van der Waals surface area contributed by atoms with Crippen molar-refractivity contribution in [1.82, 2.24) is 9.88 Å². The molecule has 2 aromatic rings. The normalized spacial score (nSPS) is 17.2. The summed E-state index contributed by atoms with van der Waals surface area (Å²) in [6.07, 6.45) is 1.70. The predicted octanol–water partition coefficient (Wildman–Crippen LogP) is 3.03. The summed E-state index contributed by atoms with van der Waals surface area (Å²) in [5.41, 5.74) is 2.24. The molecular weight excluding hydrogens is 326 g/mol. The highest BCUT2D eigenvalue weighted by Crippen LogP contribution is 2.22. The number of pyridine rings is 1. The van der Waals surface area contributed by atoms with Gasteiger partial charge in [0.2, 0.25) is 11.8 Å². The van der Waals surface area contributed by atoms with E-state index in [9.17, 15) is 9.59 Å². The molecule has 1 atom stereocenters. The van der Waals surface area contributed by atoms with Crippen molar-refractivity contribution in [3.8, 4) is 0 Å². The first-order valence-electron chi connectivity index (χ1n) is 7.77. The van der Waals surface area contributed by atoms with Crippen LogP contribution in [0, 0.1) is 12.8 Å². The SMILES string of the molecule is Cc1ccc(CN2CC(C(=O)Nc3ccc(Cl)cn3)CC2=O)cc1. The maximum Gasteiger partial charge on any atom is 0.230 e. The van der Waals surface area contributed by atoms with Gasteiger partial charge >= 0.3 is 0 Å². The van der Waals surface area contributed by atoms with Crippen LogP contribution in [0.4, 0.5) is 5.82 Å². The molecule has 1 fully saturated rings. The molecule has 0 aliphatic carbocycles. The van der Waals surface area contributed by atoms with E-state index in [1.54, 1.807) is 17.0 Å². The van der Waals surface area contributed by atoms with Gasteiger partial charge in [-0.2, -0.15) is 0 Å². The Hall–Kier alpha value is -2.40. The fourth-order valence-corrected chi connectivity index (χ4v) is 2.80. The highest BCUT2D eigenvalue weighted by Gasteiger charge is 2.34. The number of amides is 2. The Morgan fingerprint density at radius 3 is 2.71 bits per heavy atom. The second-order valence-electron chi connectivity index (χ2n) is 6.01. The second-order valence-corrected chi connectivity index (χ2v) is 6.45. The van der Waals surface area contributed by atoms with E-state index in [1.807, 2.05) is 31.2 Å². The first kappa shape index (κ1) is 16.5. The van der Waals surface area contributed by atoms with E-state index in [0.717, 1.165) is 5.56 Å². The number of aromatic nitrogens is 1. The van der Waals surface area contributed by atoms with Gasteiger partial charge in [-0.05, 0) is 24.6 Å². The topological polar surface area (TPSA) is 62.3 Å². The molecule has 6 heteroatoms. The minimum absolute atomic E-state index is 0.000194. The van der Waals surface area contributed by atoms with Crippen molar-refractivity contribution in [2.75, 3.05) is 11.9 Å². The molecule has 1 aromatic heterocycles. The molecule has 124 valence electrons. The zero-order valence-corrected chi connectivity index (χ0v) is 14.1. The summed E-state index contributed by atoms with van der Waals surface area (Å²) in [7, 11) is 0. The fraction of sp³-hybridized carbons (Fsp3) is 0.278. The number of carbonyl (C=O) groups is 2. The Balaban J connectivity index is 1.60. The summed E-state index contributed by atoms with van der Waals surface area (Å²) < 4.78 is 0. The third-order valence-corrected chi connectivity index (χ3v) is 4.28. The number of carbonyl (C=O) groups excluding carboxylic acids is 2. The van der Waals surface area contributed by atoms with E-state index >= 15 is 0 Å². The van der Waals surface area contributed by atoms with Crippen LogP contribution >= 0.6 is 11.6 Å². The van der Waals surface area contributed by atoms with Gasteiger partial charge in [-0.25, -0.2) is 4.98 Å². The van der Waals surface area contributed by atoms with Crippen molar-refractivity contribution in [2.45, 2.75) is 19.9 Å². The molecule has 1 saturated heterocycles. The van der Waals surface area contributed by atoms with Crippen molar-refractivity contribution >= 4 is 29.2 Å². The predicted molar refractivity (Wildman–Crippen MR) is 92.6 cm³/mol. The first-order valence-corrected chi connectivity index (χ1v) is 8.15. The standard InChI is InChI=1S/C18H18ClN3O2/c1-12-2-4-13(5-3-12)10-22-11-14(8-17(22)23)18(24)21-16-7-6-15(19)9-20-16/h2-7,9,14H,8,10-11H2,1H3,(H,20,21,24). The number of hydrogen-bond acceptors (Lipinski definition) is 3. The number of likely N-dealkylation sites (tertiary alicyclic amines) is 1. The van der Waals surface area contributed by atoms with Crippen molar-refractivity contribution in [3.05, 3.63) is 58.7 Å². The fourth-order valence-electron chi connectivity index (χ4n) is 2.69. The Bertz CT molecular complexity index is 744. The van der Waals surface area contributed by atoms with Crippen LogP contribution in [-0.2, 0) is 16.1 Å². The van der Waals surface area contributed by atoms with Gasteiger partial charge in [0.15, 0.2) is 0 Å². The Kier molecular flexibility index (Phi) is 4.81. The zero-order chi connectivity index (χ0) is 17.1. The monoisotopic (exact) mass is 343 g/mol. The molecule has 24 heavy (non-hydrogen) atoms. The Labute approximate surface area is 145 Å². The van der Waals surface area contributed by atoms with Crippen molar-refractivity contribution in [3.63, 3.8) is 0 Å². The van der Waals surface area contributed by atoms with E-state index < -0.39 is 0 Å². The molecule has 2 amide bonds. The molecule has 3 rings (SSSR count). The molecule has 5 nitrogen and oxygen atoms in total. The molecule has 1 aliphatic rings. The second kappa shape index (κ2) is 7.01. The summed E-state index contributed by atoms with van der Waals surface area (Å²) in [6.45, 7) is 2.98. The summed E-state index contributed by atoms with van der Waals surface area (Å²) >= 11 is 5.77. The lowest BCUT2D eigenvalue weighted by molar-refractivity contribution is -0.128. The lowest BCUT2D eigenvalue weighted by Gasteiger charge is -2.16. The molecule has 1 aliphatic heterocycles. The highest BCUT2D eigenvalue weighted by atomic mass is 35.5. The maximum atomic E-state index is 12.3. The number of halogens is 1. The number of anilines is 1. The number of benzene rings is 1. The van der Waals surface area contributed by atoms with Gasteiger partial charge in [0.1, 0.15) is 5.82 Å². The largest absolute Gasteiger partial charge is 0.338 e. The minimum Gasteiger partial charge on any atom is -0.338 e. The molecule has 2 heterocycles. The summed E-state index contributed by atoms with van der Waals surface area (Å²) in [4.78, 5) is 30.3. The van der Waals surface area contributed by atoms with Gasteiger partial charge in [-0.1, -0.05) is 41.4 Å². The number of rotatable bonds is 4. The molecule has 0 saturated carbocycles. The van der Waals surface area contributed by atoms with Gasteiger partial charge < -0.3 is 10.2 Å². The summed E-state index contributed by atoms with van der Waals surface area (Å²) in [6, 6.07) is 11.4. The third kappa shape index (κ3) is 3.92. The lowest BCUT2D eigenvalue weighted by Crippen LogP contribution is -2.28. The van der Waals surface area contributed by atoms with Crippen LogP contribution in [0.25, 0.3) is 0 Å². The average Bonchev–Trinajstić information content (AvgIpc) is 2.93. The molecule has 1 N–H and O–H groups in total. The Morgan fingerprint density at radius 1 is 1.29 bits per heavy atom. The molecule has 0 radical (unpaired) electrons. The quantitative estimate of drug-likeness (QED) is 0.928. The van der Waals surface area contributed by atoms with Crippen LogP contribution in [-0.4, -0.2) is 28.2 Å². The van der Waals surface area contributed by atoms with Crippen LogP contribution in [0.5, 0.6) is 0 Å². The van der Waals surface area contributed by atoms with E-state index in [4.69, 9.17) is 11.6 Å². The molecule has 1 unspecified atom stereocenters. The van der Waals surface area contributed by atoms with Crippen LogP contribution < -0.4 is 5.32 Å². The van der Waals surface area contributed by atoms with Crippen LogP contribution in [0.2, 0.25) is 5.02 Å². The average molecular weight is 344 g/mol. The number of hydrogen-bond donors (Lipinski definition) is 1. The van der Waals surface area contributed by atoms with Crippen LogP contribution in [0.1, 0.15) is 17.5 Å². The lowest BCUT2D eigenvalue weighted by atomic mass is 10.1. The van der Waals surface area contributed by atoms with Gasteiger partial charge in [-0.3, -0.25) is 9.59 Å². The van der Waals surface area contributed by atoms with Crippen LogP contribution in [0.3, 0.4) is 0 Å². The molecular formula is C18H18ClN3O2. The molecule has 0 bridgehead atoms. The van der Waals surface area contributed by atoms with E-state index in [-0.39, 0.29) is 24.2 Å². The maximum absolute atomic E-state index is 12.3. The number of aryl methyl sites for hydroxylation is 1. The molecule has 1 aromatic carbocycles. The molecule has 0 spiro atoms. The number of nitrogens with zero attached hydrogens (tertiary/aromatic N) is 2. The van der Waals surface area contributed by atoms with E-state index in [0.29, 0.717) is 23.9 Å². The van der Waals surface area contributed by atoms with Gasteiger partial charge in [0, 0.05) is 25.7 Å². The van der Waals surface area contributed by atoms with Crippen molar-refractivity contribution < 1.29 is 9.59 Å². The number of nitrogens with one attached hydrogen (secondary N) is 1. The third-order valence-electron chi connectivity index (χ3n) is 4.06. The van der Waals surface area contributed by atoms with Gasteiger partial charge in [0.25, 0.3) is 0 Å². The minimum atomic E-state index is -0.361. The first-order chi connectivity index (χ1) is 11.5. The van der Waals surface area contributed by atoms with Crippen molar-refractivity contribution in [2.24, 2.45) is 5.92 Å². The highest BCUT2D eigenvalue weighted by molar-refractivity contribution is 6.30. The van der Waals surface area contributed by atoms with Crippen molar-refractivity contribution in [1.29, 1.82) is 0 Å². The smallest absolute Gasteiger partial charge is 0.230 e. The van der Waals surface area contributed by atoms with E-state index in [1.165, 1.54) is 11.8 Å². The zero-order valence-electron chi connectivity index (χ0n) is 13.3. The summed E-state index contributed by atoms with van der Waals surface area (Å²) in [5, 5.41) is 3.24. The van der Waals surface area contributed by atoms with Gasteiger partial charge in [-0.15, -0.1) is 0 Å².